The third-order valence-corrected chi connectivity index (χ3v) is 1.78. The Balaban J connectivity index is 2.77. The maximum Gasteiger partial charge on any atom is 0.365 e. The fraction of sp³-hybridized carbons (Fsp3) is 0. The highest BCUT2D eigenvalue weighted by molar-refractivity contribution is 7.12. The van der Waals surface area contributed by atoms with Gasteiger partial charge in [0.15, 0.2) is 5.96 Å². The highest BCUT2D eigenvalue weighted by Crippen LogP contribution is 2.13. The molecule has 0 spiro atoms. The first kappa shape index (κ1) is 8.47. The second kappa shape index (κ2) is 3.18. The lowest BCUT2D eigenvalue weighted by molar-refractivity contribution is 0.0696. The van der Waals surface area contributed by atoms with Crippen LogP contribution in [-0.4, -0.2) is 22.0 Å². The largest absolute Gasteiger partial charge is 0.476 e. The number of nitrogens with two attached hydrogens (primary N) is 1. The molecule has 0 aliphatic rings. The Morgan fingerprint density at radius 3 is 2.92 bits per heavy atom. The standard InChI is InChI=1S/C5H6N4O2S/c6-5(7)9-2-1-12-3(8-2)4(10)11/h1H,(H,10,11)(H4,6,7,9). The summed E-state index contributed by atoms with van der Waals surface area (Å²) >= 11 is 0.974. The Kier molecular flexibility index (Phi) is 2.24. The van der Waals surface area contributed by atoms with Gasteiger partial charge in [-0.3, -0.25) is 5.41 Å². The number of anilines is 1. The molecule has 0 aliphatic heterocycles. The molecule has 0 saturated carbocycles. The van der Waals surface area contributed by atoms with Gasteiger partial charge in [0.05, 0.1) is 0 Å². The van der Waals surface area contributed by atoms with E-state index in [2.05, 4.69) is 10.3 Å². The number of hydrogen-bond donors (Lipinski definition) is 4. The van der Waals surface area contributed by atoms with Crippen LogP contribution in [0.15, 0.2) is 5.38 Å². The molecule has 0 saturated heterocycles. The molecule has 1 rings (SSSR count). The van der Waals surface area contributed by atoms with Gasteiger partial charge < -0.3 is 16.2 Å². The van der Waals surface area contributed by atoms with E-state index in [9.17, 15) is 4.79 Å². The molecule has 6 nitrogen and oxygen atoms in total. The van der Waals surface area contributed by atoms with Crippen LogP contribution in [0.2, 0.25) is 0 Å². The van der Waals surface area contributed by atoms with Crippen molar-refractivity contribution in [2.24, 2.45) is 5.73 Å². The van der Waals surface area contributed by atoms with Gasteiger partial charge in [-0.25, -0.2) is 9.78 Å². The fourth-order valence-electron chi connectivity index (χ4n) is 0.567. The molecule has 0 aromatic carbocycles. The number of nitrogens with zero attached hydrogens (tertiary/aromatic N) is 1. The average molecular weight is 186 g/mol. The van der Waals surface area contributed by atoms with Crippen molar-refractivity contribution < 1.29 is 9.90 Å². The number of carboxylic acid groups (broad SMARTS) is 1. The molecular weight excluding hydrogens is 180 g/mol. The quantitative estimate of drug-likeness (QED) is 0.388. The summed E-state index contributed by atoms with van der Waals surface area (Å²) in [6, 6.07) is 0. The number of nitrogens with one attached hydrogen (secondary N) is 2. The minimum absolute atomic E-state index is 0.0289. The molecule has 7 heteroatoms. The number of carbonyl (C=O) groups is 1. The number of guanidine groups is 1. The van der Waals surface area contributed by atoms with Crippen molar-refractivity contribution in [3.8, 4) is 0 Å². The predicted molar refractivity (Wildman–Crippen MR) is 44.6 cm³/mol. The van der Waals surface area contributed by atoms with Gasteiger partial charge in [-0.1, -0.05) is 0 Å². The Morgan fingerprint density at radius 2 is 2.50 bits per heavy atom. The number of hydrogen-bond acceptors (Lipinski definition) is 4. The van der Waals surface area contributed by atoms with Crippen molar-refractivity contribution in [1.29, 1.82) is 5.41 Å². The zero-order valence-electron chi connectivity index (χ0n) is 5.87. The third-order valence-electron chi connectivity index (χ3n) is 0.950. The predicted octanol–water partition coefficient (Wildman–Crippen LogP) is 0.147. The Bertz CT molecular complexity index is 321. The molecule has 0 atom stereocenters. The van der Waals surface area contributed by atoms with Crippen LogP contribution >= 0.6 is 11.3 Å². The van der Waals surface area contributed by atoms with Crippen molar-refractivity contribution in [2.45, 2.75) is 0 Å². The van der Waals surface area contributed by atoms with Crippen LogP contribution in [-0.2, 0) is 0 Å². The van der Waals surface area contributed by atoms with Crippen LogP contribution in [0.1, 0.15) is 9.80 Å². The molecular formula is C5H6N4O2S. The van der Waals surface area contributed by atoms with Gasteiger partial charge in [0.1, 0.15) is 5.82 Å². The Labute approximate surface area is 71.6 Å². The van der Waals surface area contributed by atoms with Gasteiger partial charge in [0.25, 0.3) is 0 Å². The normalized spacial score (nSPS) is 9.33. The molecule has 0 amide bonds. The number of carboxylic acids is 1. The maximum atomic E-state index is 10.3. The zero-order chi connectivity index (χ0) is 9.14. The highest BCUT2D eigenvalue weighted by atomic mass is 32.1. The maximum absolute atomic E-state index is 10.3. The summed E-state index contributed by atoms with van der Waals surface area (Å²) in [5.41, 5.74) is 5.00. The average Bonchev–Trinajstić information content (AvgIpc) is 2.34. The summed E-state index contributed by atoms with van der Waals surface area (Å²) in [5, 5.41) is 19.1. The Hall–Kier alpha value is -1.63. The van der Waals surface area contributed by atoms with Crippen LogP contribution in [0.5, 0.6) is 0 Å². The summed E-state index contributed by atoms with van der Waals surface area (Å²) in [6.45, 7) is 0. The molecule has 1 heterocycles. The number of rotatable bonds is 2. The van der Waals surface area contributed by atoms with Crippen LogP contribution in [0.25, 0.3) is 0 Å². The summed E-state index contributed by atoms with van der Waals surface area (Å²) in [6.07, 6.45) is 0. The van der Waals surface area contributed by atoms with Crippen molar-refractivity contribution >= 4 is 29.1 Å². The van der Waals surface area contributed by atoms with Gasteiger partial charge in [0.2, 0.25) is 5.01 Å². The number of thiazole rings is 1. The molecule has 0 unspecified atom stereocenters. The van der Waals surface area contributed by atoms with E-state index in [4.69, 9.17) is 16.2 Å². The summed E-state index contributed by atoms with van der Waals surface area (Å²) < 4.78 is 0. The van der Waals surface area contributed by atoms with Crippen LogP contribution in [0.4, 0.5) is 5.82 Å². The number of aromatic nitrogens is 1. The molecule has 1 aromatic rings. The molecule has 0 radical (unpaired) electrons. The lowest BCUT2D eigenvalue weighted by Gasteiger charge is -1.95. The third kappa shape index (κ3) is 1.92. The minimum Gasteiger partial charge on any atom is -0.476 e. The van der Waals surface area contributed by atoms with E-state index in [0.717, 1.165) is 11.3 Å². The van der Waals surface area contributed by atoms with Gasteiger partial charge in [0, 0.05) is 5.38 Å². The van der Waals surface area contributed by atoms with Gasteiger partial charge in [-0.2, -0.15) is 0 Å². The summed E-state index contributed by atoms with van der Waals surface area (Å²) in [7, 11) is 0. The molecule has 0 bridgehead atoms. The summed E-state index contributed by atoms with van der Waals surface area (Å²) in [5.74, 6) is -1.07. The van der Waals surface area contributed by atoms with E-state index in [1.54, 1.807) is 0 Å². The van der Waals surface area contributed by atoms with Crippen molar-refractivity contribution in [2.75, 3.05) is 5.32 Å². The number of aromatic carboxylic acids is 1. The molecule has 64 valence electrons. The van der Waals surface area contributed by atoms with Crippen molar-refractivity contribution in [3.05, 3.63) is 10.4 Å². The first-order valence-electron chi connectivity index (χ1n) is 2.89. The lowest BCUT2D eigenvalue weighted by atomic mass is 10.7. The molecule has 0 fully saturated rings. The van der Waals surface area contributed by atoms with E-state index < -0.39 is 5.97 Å². The second-order valence-electron chi connectivity index (χ2n) is 1.88. The van der Waals surface area contributed by atoms with Gasteiger partial charge in [-0.05, 0) is 0 Å². The molecule has 1 aromatic heterocycles. The van der Waals surface area contributed by atoms with Crippen LogP contribution < -0.4 is 11.1 Å². The lowest BCUT2D eigenvalue weighted by Crippen LogP contribution is -2.20. The van der Waals surface area contributed by atoms with E-state index in [1.807, 2.05) is 0 Å². The van der Waals surface area contributed by atoms with E-state index in [-0.39, 0.29) is 16.8 Å². The van der Waals surface area contributed by atoms with E-state index in [0.29, 0.717) is 0 Å². The minimum atomic E-state index is -1.09. The highest BCUT2D eigenvalue weighted by Gasteiger charge is 2.08. The van der Waals surface area contributed by atoms with Crippen LogP contribution in [0, 0.1) is 5.41 Å². The molecule has 12 heavy (non-hydrogen) atoms. The van der Waals surface area contributed by atoms with E-state index >= 15 is 0 Å². The van der Waals surface area contributed by atoms with Gasteiger partial charge >= 0.3 is 5.97 Å². The topological polar surface area (TPSA) is 112 Å². The van der Waals surface area contributed by atoms with Crippen LogP contribution in [0.3, 0.4) is 0 Å². The van der Waals surface area contributed by atoms with E-state index in [1.165, 1.54) is 5.38 Å². The first-order chi connectivity index (χ1) is 5.59. The molecule has 0 aliphatic carbocycles. The zero-order valence-corrected chi connectivity index (χ0v) is 6.68. The smallest absolute Gasteiger partial charge is 0.365 e. The SMILES string of the molecule is N=C(N)Nc1csc(C(=O)O)n1. The Morgan fingerprint density at radius 1 is 1.83 bits per heavy atom. The molecule has 5 N–H and O–H groups in total. The summed E-state index contributed by atoms with van der Waals surface area (Å²) in [4.78, 5) is 14.0. The van der Waals surface area contributed by atoms with Gasteiger partial charge in [-0.15, -0.1) is 11.3 Å². The van der Waals surface area contributed by atoms with Crippen molar-refractivity contribution in [1.82, 2.24) is 4.98 Å². The second-order valence-corrected chi connectivity index (χ2v) is 2.74. The monoisotopic (exact) mass is 186 g/mol. The first-order valence-corrected chi connectivity index (χ1v) is 3.77. The van der Waals surface area contributed by atoms with Crippen molar-refractivity contribution in [3.63, 3.8) is 0 Å². The fourth-order valence-corrected chi connectivity index (χ4v) is 1.15.